The van der Waals surface area contributed by atoms with E-state index in [2.05, 4.69) is 5.32 Å². The fraction of sp³-hybridized carbons (Fsp3) is 0.700. The van der Waals surface area contributed by atoms with Crippen LogP contribution in [0.4, 0.5) is 0 Å². The Morgan fingerprint density at radius 3 is 2.64 bits per heavy atom. The molecule has 1 aliphatic rings. The molecule has 1 fully saturated rings. The lowest BCUT2D eigenvalue weighted by Crippen LogP contribution is -2.41. The van der Waals surface area contributed by atoms with Gasteiger partial charge in [-0.2, -0.15) is 0 Å². The highest BCUT2D eigenvalue weighted by Gasteiger charge is 2.28. The molecule has 0 aliphatic carbocycles. The highest BCUT2D eigenvalue weighted by atomic mass is 16.2. The Morgan fingerprint density at radius 2 is 2.14 bits per heavy atom. The number of ketones is 1. The smallest absolute Gasteiger partial charge is 0.230 e. The third-order valence-corrected chi connectivity index (χ3v) is 2.44. The number of hydrogen-bond acceptors (Lipinski definition) is 3. The summed E-state index contributed by atoms with van der Waals surface area (Å²) in [7, 11) is 0. The first-order chi connectivity index (χ1) is 6.50. The average molecular weight is 197 g/mol. The Balaban J connectivity index is 2.49. The summed E-state index contributed by atoms with van der Waals surface area (Å²) in [6, 6.07) is 0. The van der Waals surface area contributed by atoms with E-state index in [1.807, 2.05) is 13.8 Å². The first-order valence-corrected chi connectivity index (χ1v) is 4.87. The maximum atomic E-state index is 11.4. The molecule has 2 amide bonds. The van der Waals surface area contributed by atoms with E-state index in [1.165, 1.54) is 0 Å². The van der Waals surface area contributed by atoms with Crippen LogP contribution >= 0.6 is 0 Å². The topological polar surface area (TPSA) is 63.2 Å². The molecule has 1 atom stereocenters. The van der Waals surface area contributed by atoms with Crippen molar-refractivity contribution in [1.82, 2.24) is 5.32 Å². The second-order valence-electron chi connectivity index (χ2n) is 3.97. The lowest BCUT2D eigenvalue weighted by atomic mass is 9.90. The van der Waals surface area contributed by atoms with Gasteiger partial charge < -0.3 is 0 Å². The molecule has 14 heavy (non-hydrogen) atoms. The molecule has 0 aromatic carbocycles. The summed E-state index contributed by atoms with van der Waals surface area (Å²) in [5.41, 5.74) is 0. The highest BCUT2D eigenvalue weighted by molar-refractivity contribution is 6.00. The molecule has 0 aromatic rings. The number of imide groups is 1. The summed E-state index contributed by atoms with van der Waals surface area (Å²) < 4.78 is 0. The van der Waals surface area contributed by atoms with Gasteiger partial charge in [0.25, 0.3) is 0 Å². The van der Waals surface area contributed by atoms with Gasteiger partial charge in [0, 0.05) is 24.7 Å². The summed E-state index contributed by atoms with van der Waals surface area (Å²) in [6.45, 7) is 3.63. The molecule has 4 nitrogen and oxygen atoms in total. The van der Waals surface area contributed by atoms with Gasteiger partial charge in [0.05, 0.1) is 0 Å². The fourth-order valence-corrected chi connectivity index (χ4v) is 1.41. The normalized spacial score (nSPS) is 22.4. The Morgan fingerprint density at radius 1 is 1.50 bits per heavy atom. The standard InChI is InChI=1S/C10H15NO3/c1-6(2)8(12)5-7-3-4-9(13)11-10(7)14/h6-7H,3-5H2,1-2H3,(H,11,13,14). The Labute approximate surface area is 83.1 Å². The second-order valence-corrected chi connectivity index (χ2v) is 3.97. The van der Waals surface area contributed by atoms with Gasteiger partial charge >= 0.3 is 0 Å². The van der Waals surface area contributed by atoms with E-state index in [0.29, 0.717) is 12.8 Å². The van der Waals surface area contributed by atoms with Gasteiger partial charge in [0.2, 0.25) is 11.8 Å². The molecule has 1 N–H and O–H groups in total. The number of nitrogens with one attached hydrogen (secondary N) is 1. The molecule has 0 spiro atoms. The van der Waals surface area contributed by atoms with Crippen molar-refractivity contribution in [1.29, 1.82) is 0 Å². The van der Waals surface area contributed by atoms with Crippen LogP contribution in [0.5, 0.6) is 0 Å². The van der Waals surface area contributed by atoms with E-state index >= 15 is 0 Å². The van der Waals surface area contributed by atoms with Crippen molar-refractivity contribution in [3.05, 3.63) is 0 Å². The van der Waals surface area contributed by atoms with Crippen molar-refractivity contribution in [2.45, 2.75) is 33.1 Å². The van der Waals surface area contributed by atoms with E-state index in [0.717, 1.165) is 0 Å². The van der Waals surface area contributed by atoms with Crippen LogP contribution < -0.4 is 5.32 Å². The molecule has 0 aromatic heterocycles. The third-order valence-electron chi connectivity index (χ3n) is 2.44. The zero-order valence-electron chi connectivity index (χ0n) is 8.50. The molecule has 4 heteroatoms. The van der Waals surface area contributed by atoms with Crippen molar-refractivity contribution in [3.63, 3.8) is 0 Å². The van der Waals surface area contributed by atoms with Gasteiger partial charge in [-0.3, -0.25) is 19.7 Å². The van der Waals surface area contributed by atoms with Crippen LogP contribution in [0.25, 0.3) is 0 Å². The van der Waals surface area contributed by atoms with Crippen LogP contribution in [-0.2, 0) is 14.4 Å². The van der Waals surface area contributed by atoms with Crippen molar-refractivity contribution >= 4 is 17.6 Å². The predicted octanol–water partition coefficient (Wildman–Crippen LogP) is 0.654. The number of piperidine rings is 1. The summed E-state index contributed by atoms with van der Waals surface area (Å²) in [6.07, 6.45) is 1.11. The quantitative estimate of drug-likeness (QED) is 0.676. The molecule has 1 aliphatic heterocycles. The maximum absolute atomic E-state index is 11.4. The Kier molecular flexibility index (Phi) is 3.38. The van der Waals surface area contributed by atoms with Crippen LogP contribution in [0, 0.1) is 11.8 Å². The van der Waals surface area contributed by atoms with Gasteiger partial charge in [0.15, 0.2) is 0 Å². The zero-order chi connectivity index (χ0) is 10.7. The fourth-order valence-electron chi connectivity index (χ4n) is 1.41. The van der Waals surface area contributed by atoms with Crippen LogP contribution in [0.1, 0.15) is 33.1 Å². The van der Waals surface area contributed by atoms with Crippen molar-refractivity contribution < 1.29 is 14.4 Å². The van der Waals surface area contributed by atoms with Gasteiger partial charge in [-0.1, -0.05) is 13.8 Å². The number of carbonyl (C=O) groups excluding carboxylic acids is 3. The maximum Gasteiger partial charge on any atom is 0.230 e. The van der Waals surface area contributed by atoms with E-state index in [9.17, 15) is 14.4 Å². The van der Waals surface area contributed by atoms with Crippen molar-refractivity contribution in [2.75, 3.05) is 0 Å². The zero-order valence-corrected chi connectivity index (χ0v) is 8.50. The molecule has 0 radical (unpaired) electrons. The third kappa shape index (κ3) is 2.65. The summed E-state index contributed by atoms with van der Waals surface area (Å²) in [5.74, 6) is -0.791. The number of carbonyl (C=O) groups is 3. The van der Waals surface area contributed by atoms with Gasteiger partial charge in [-0.25, -0.2) is 0 Å². The van der Waals surface area contributed by atoms with E-state index in [1.54, 1.807) is 0 Å². The van der Waals surface area contributed by atoms with Crippen LogP contribution in [0.15, 0.2) is 0 Å². The molecule has 1 heterocycles. The average Bonchev–Trinajstić information content (AvgIpc) is 2.09. The summed E-state index contributed by atoms with van der Waals surface area (Å²) in [4.78, 5) is 33.5. The number of amides is 2. The Bertz CT molecular complexity index is 271. The molecular formula is C10H15NO3. The number of hydrogen-bond donors (Lipinski definition) is 1. The van der Waals surface area contributed by atoms with Crippen molar-refractivity contribution in [3.8, 4) is 0 Å². The minimum Gasteiger partial charge on any atom is -0.299 e. The summed E-state index contributed by atoms with van der Waals surface area (Å²) >= 11 is 0. The van der Waals surface area contributed by atoms with E-state index in [-0.39, 0.29) is 35.9 Å². The minimum atomic E-state index is -0.303. The van der Waals surface area contributed by atoms with Crippen LogP contribution in [-0.4, -0.2) is 17.6 Å². The molecule has 1 unspecified atom stereocenters. The second kappa shape index (κ2) is 4.35. The molecule has 78 valence electrons. The molecule has 0 bridgehead atoms. The van der Waals surface area contributed by atoms with Crippen LogP contribution in [0.3, 0.4) is 0 Å². The predicted molar refractivity (Wildman–Crippen MR) is 50.3 cm³/mol. The molecule has 0 saturated carbocycles. The lowest BCUT2D eigenvalue weighted by Gasteiger charge is -2.20. The monoisotopic (exact) mass is 197 g/mol. The van der Waals surface area contributed by atoms with E-state index in [4.69, 9.17) is 0 Å². The van der Waals surface area contributed by atoms with Gasteiger partial charge in [-0.15, -0.1) is 0 Å². The van der Waals surface area contributed by atoms with Gasteiger partial charge in [-0.05, 0) is 6.42 Å². The van der Waals surface area contributed by atoms with Gasteiger partial charge in [0.1, 0.15) is 5.78 Å². The van der Waals surface area contributed by atoms with Crippen LogP contribution in [0.2, 0.25) is 0 Å². The van der Waals surface area contributed by atoms with E-state index < -0.39 is 0 Å². The number of rotatable bonds is 3. The largest absolute Gasteiger partial charge is 0.299 e. The number of Topliss-reactive ketones (excluding diaryl/α,β-unsaturated/α-hetero) is 1. The first kappa shape index (κ1) is 10.9. The molecule has 1 saturated heterocycles. The van der Waals surface area contributed by atoms with Crippen molar-refractivity contribution in [2.24, 2.45) is 11.8 Å². The Hall–Kier alpha value is -1.19. The minimum absolute atomic E-state index is 0.0413. The SMILES string of the molecule is CC(C)C(=O)CC1CCC(=O)NC1=O. The lowest BCUT2D eigenvalue weighted by molar-refractivity contribution is -0.139. The first-order valence-electron chi connectivity index (χ1n) is 4.87. The summed E-state index contributed by atoms with van der Waals surface area (Å²) in [5, 5.41) is 2.24. The highest BCUT2D eigenvalue weighted by Crippen LogP contribution is 2.18. The molecular weight excluding hydrogens is 182 g/mol. The molecule has 1 rings (SSSR count).